The lowest BCUT2D eigenvalue weighted by atomic mass is 10.00. The highest BCUT2D eigenvalue weighted by Crippen LogP contribution is 2.23. The van der Waals surface area contributed by atoms with Crippen molar-refractivity contribution in [3.63, 3.8) is 0 Å². The van der Waals surface area contributed by atoms with Gasteiger partial charge in [0.15, 0.2) is 0 Å². The lowest BCUT2D eigenvalue weighted by molar-refractivity contribution is -0.115. The zero-order valence-corrected chi connectivity index (χ0v) is 15.0. The van der Waals surface area contributed by atoms with Gasteiger partial charge in [-0.15, -0.1) is 0 Å². The summed E-state index contributed by atoms with van der Waals surface area (Å²) in [4.78, 5) is 22.4. The number of anilines is 2. The molecule has 134 valence electrons. The molecule has 2 N–H and O–H groups in total. The van der Waals surface area contributed by atoms with Crippen molar-refractivity contribution in [2.45, 2.75) is 26.2 Å². The maximum atomic E-state index is 12.4. The lowest BCUT2D eigenvalue weighted by Crippen LogP contribution is -2.34. The Bertz CT molecular complexity index is 900. The highest BCUT2D eigenvalue weighted by molar-refractivity contribution is 5.95. The topological polar surface area (TPSA) is 61.0 Å². The van der Waals surface area contributed by atoms with Crippen molar-refractivity contribution in [1.29, 1.82) is 0 Å². The number of rotatable bonds is 4. The number of amides is 1. The van der Waals surface area contributed by atoms with E-state index in [1.54, 1.807) is 0 Å². The summed E-state index contributed by atoms with van der Waals surface area (Å²) >= 11 is 0. The van der Waals surface area contributed by atoms with Gasteiger partial charge in [0.25, 0.3) is 0 Å². The molecule has 1 aromatic carbocycles. The van der Waals surface area contributed by atoms with Gasteiger partial charge in [0.1, 0.15) is 5.82 Å². The Morgan fingerprint density at radius 1 is 1.31 bits per heavy atom. The van der Waals surface area contributed by atoms with Crippen LogP contribution in [0.4, 0.5) is 11.5 Å². The van der Waals surface area contributed by atoms with Crippen LogP contribution in [-0.2, 0) is 11.2 Å². The summed E-state index contributed by atoms with van der Waals surface area (Å²) < 4.78 is 0. The number of para-hydroxylation sites is 1. The minimum atomic E-state index is -0.0541. The first-order valence-corrected chi connectivity index (χ1v) is 9.25. The third-order valence-corrected chi connectivity index (χ3v) is 5.06. The number of aromatic amines is 1. The minimum absolute atomic E-state index is 0.0541. The molecular formula is C21H24N4O. The van der Waals surface area contributed by atoms with Gasteiger partial charge >= 0.3 is 0 Å². The summed E-state index contributed by atoms with van der Waals surface area (Å²) in [5, 5.41) is 3.99. The molecule has 1 amide bonds. The molecule has 3 aromatic rings. The Labute approximate surface area is 153 Å². The number of hydrogen-bond donors (Lipinski definition) is 2. The van der Waals surface area contributed by atoms with E-state index in [1.165, 1.54) is 12.8 Å². The number of H-pyrrole nitrogens is 1. The van der Waals surface area contributed by atoms with Crippen LogP contribution in [0.25, 0.3) is 10.9 Å². The largest absolute Gasteiger partial charge is 0.370 e. The van der Waals surface area contributed by atoms with Crippen LogP contribution in [0, 0.1) is 5.92 Å². The van der Waals surface area contributed by atoms with Gasteiger partial charge in [-0.05, 0) is 42.5 Å². The van der Waals surface area contributed by atoms with Crippen LogP contribution in [-0.4, -0.2) is 29.0 Å². The molecule has 3 heterocycles. The minimum Gasteiger partial charge on any atom is -0.370 e. The van der Waals surface area contributed by atoms with Crippen molar-refractivity contribution in [1.82, 2.24) is 9.97 Å². The Hall–Kier alpha value is -2.82. The quantitative estimate of drug-likeness (QED) is 0.750. The van der Waals surface area contributed by atoms with Crippen molar-refractivity contribution in [3.8, 4) is 0 Å². The smallest absolute Gasteiger partial charge is 0.230 e. The molecule has 5 heteroatoms. The van der Waals surface area contributed by atoms with Crippen molar-refractivity contribution in [2.24, 2.45) is 5.92 Å². The molecule has 1 atom stereocenters. The van der Waals surface area contributed by atoms with Crippen molar-refractivity contribution in [3.05, 3.63) is 54.4 Å². The predicted octanol–water partition coefficient (Wildman–Crippen LogP) is 3.98. The molecule has 0 saturated carbocycles. The van der Waals surface area contributed by atoms with Crippen LogP contribution in [0.2, 0.25) is 0 Å². The lowest BCUT2D eigenvalue weighted by Gasteiger charge is -2.32. The van der Waals surface area contributed by atoms with E-state index in [0.717, 1.165) is 41.2 Å². The van der Waals surface area contributed by atoms with E-state index in [2.05, 4.69) is 27.1 Å². The molecule has 0 aliphatic carbocycles. The zero-order valence-electron chi connectivity index (χ0n) is 15.0. The monoisotopic (exact) mass is 348 g/mol. The Morgan fingerprint density at radius 3 is 3.00 bits per heavy atom. The summed E-state index contributed by atoms with van der Waals surface area (Å²) in [6.45, 7) is 4.45. The fourth-order valence-corrected chi connectivity index (χ4v) is 3.71. The van der Waals surface area contributed by atoms with E-state index < -0.39 is 0 Å². The average molecular weight is 348 g/mol. The van der Waals surface area contributed by atoms with E-state index >= 15 is 0 Å². The molecule has 1 saturated heterocycles. The number of piperidine rings is 1. The van der Waals surface area contributed by atoms with E-state index in [9.17, 15) is 4.79 Å². The van der Waals surface area contributed by atoms with E-state index in [4.69, 9.17) is 0 Å². The first-order valence-electron chi connectivity index (χ1n) is 9.25. The Balaban J connectivity index is 1.40. The number of pyridine rings is 1. The Kier molecular flexibility index (Phi) is 4.61. The summed E-state index contributed by atoms with van der Waals surface area (Å²) in [7, 11) is 0. The summed E-state index contributed by atoms with van der Waals surface area (Å²) in [6, 6.07) is 11.9. The van der Waals surface area contributed by atoms with Crippen LogP contribution < -0.4 is 10.2 Å². The number of carbonyl (C=O) groups is 1. The van der Waals surface area contributed by atoms with Gasteiger partial charge < -0.3 is 15.2 Å². The molecule has 2 aromatic heterocycles. The fourth-order valence-electron chi connectivity index (χ4n) is 3.71. The third kappa shape index (κ3) is 3.57. The molecule has 26 heavy (non-hydrogen) atoms. The van der Waals surface area contributed by atoms with Crippen LogP contribution in [0.5, 0.6) is 0 Å². The predicted molar refractivity (Wildman–Crippen MR) is 105 cm³/mol. The number of nitrogens with one attached hydrogen (secondary N) is 2. The standard InChI is InChI=1S/C21H24N4O/c1-15-5-4-10-25(14-15)17-8-9-20(23-13-17)24-21(26)11-16-12-22-19-7-3-2-6-18(16)19/h2-3,6-9,12-13,15,22H,4-5,10-11,14H2,1H3,(H,23,24,26). The van der Waals surface area contributed by atoms with Gasteiger partial charge in [0.05, 0.1) is 18.3 Å². The third-order valence-electron chi connectivity index (χ3n) is 5.06. The van der Waals surface area contributed by atoms with Crippen molar-refractivity contribution in [2.75, 3.05) is 23.3 Å². The highest BCUT2D eigenvalue weighted by atomic mass is 16.1. The number of hydrogen-bond acceptors (Lipinski definition) is 3. The normalized spacial score (nSPS) is 17.4. The highest BCUT2D eigenvalue weighted by Gasteiger charge is 2.17. The molecule has 0 radical (unpaired) electrons. The van der Waals surface area contributed by atoms with Crippen LogP contribution in [0.15, 0.2) is 48.8 Å². The number of aromatic nitrogens is 2. The molecular weight excluding hydrogens is 324 g/mol. The van der Waals surface area contributed by atoms with E-state index in [-0.39, 0.29) is 5.91 Å². The van der Waals surface area contributed by atoms with Crippen molar-refractivity contribution < 1.29 is 4.79 Å². The van der Waals surface area contributed by atoms with Crippen molar-refractivity contribution >= 4 is 28.3 Å². The second-order valence-electron chi connectivity index (χ2n) is 7.18. The summed E-state index contributed by atoms with van der Waals surface area (Å²) in [5.74, 6) is 1.27. The number of carbonyl (C=O) groups excluding carboxylic acids is 1. The Morgan fingerprint density at radius 2 is 2.19 bits per heavy atom. The molecule has 4 rings (SSSR count). The van der Waals surface area contributed by atoms with Crippen LogP contribution in [0.1, 0.15) is 25.3 Å². The van der Waals surface area contributed by atoms with Gasteiger partial charge in [0.2, 0.25) is 5.91 Å². The van der Waals surface area contributed by atoms with Gasteiger partial charge in [-0.25, -0.2) is 4.98 Å². The summed E-state index contributed by atoms with van der Waals surface area (Å²) in [5.41, 5.74) is 3.18. The van der Waals surface area contributed by atoms with Crippen LogP contribution >= 0.6 is 0 Å². The maximum absolute atomic E-state index is 12.4. The molecule has 1 aliphatic heterocycles. The SMILES string of the molecule is CC1CCCN(c2ccc(NC(=O)Cc3c[nH]c4ccccc34)nc2)C1. The second kappa shape index (κ2) is 7.20. The summed E-state index contributed by atoms with van der Waals surface area (Å²) in [6.07, 6.45) is 6.62. The number of benzene rings is 1. The number of nitrogens with zero attached hydrogens (tertiary/aromatic N) is 2. The van der Waals surface area contributed by atoms with Crippen LogP contribution in [0.3, 0.4) is 0 Å². The fraction of sp³-hybridized carbons (Fsp3) is 0.333. The first-order chi connectivity index (χ1) is 12.7. The second-order valence-corrected chi connectivity index (χ2v) is 7.18. The maximum Gasteiger partial charge on any atom is 0.230 e. The molecule has 0 spiro atoms. The molecule has 5 nitrogen and oxygen atoms in total. The van der Waals surface area contributed by atoms with Gasteiger partial charge in [-0.3, -0.25) is 4.79 Å². The van der Waals surface area contributed by atoms with E-state index in [1.807, 2.05) is 48.8 Å². The molecule has 0 bridgehead atoms. The zero-order chi connectivity index (χ0) is 17.9. The van der Waals surface area contributed by atoms with Gasteiger partial charge in [-0.2, -0.15) is 0 Å². The van der Waals surface area contributed by atoms with E-state index in [0.29, 0.717) is 12.2 Å². The molecule has 1 fully saturated rings. The first kappa shape index (κ1) is 16.6. The number of fused-ring (bicyclic) bond motifs is 1. The molecule has 1 aliphatic rings. The average Bonchev–Trinajstić information content (AvgIpc) is 3.05. The van der Waals surface area contributed by atoms with Gasteiger partial charge in [0, 0.05) is 30.2 Å². The molecule has 1 unspecified atom stereocenters. The van der Waals surface area contributed by atoms with Gasteiger partial charge in [-0.1, -0.05) is 25.1 Å².